The van der Waals surface area contributed by atoms with Crippen molar-refractivity contribution in [3.8, 4) is 33.6 Å². The van der Waals surface area contributed by atoms with Crippen LogP contribution in [0.3, 0.4) is 0 Å². The molecule has 0 aliphatic heterocycles. The maximum absolute atomic E-state index is 4.95. The van der Waals surface area contributed by atoms with Gasteiger partial charge in [-0.3, -0.25) is 4.98 Å². The van der Waals surface area contributed by atoms with Crippen LogP contribution in [0.2, 0.25) is 0 Å². The fourth-order valence-corrected chi connectivity index (χ4v) is 3.68. The van der Waals surface area contributed by atoms with Crippen LogP contribution in [0.1, 0.15) is 18.2 Å². The molecule has 1 aliphatic carbocycles. The quantitative estimate of drug-likeness (QED) is 0.403. The Morgan fingerprint density at radius 3 is 2.03 bits per heavy atom. The number of rotatable bonds is 4. The van der Waals surface area contributed by atoms with Crippen LogP contribution in [0.4, 0.5) is 0 Å². The minimum Gasteiger partial charge on any atom is -0.264 e. The summed E-state index contributed by atoms with van der Waals surface area (Å²) in [5, 5.41) is 0. The van der Waals surface area contributed by atoms with Gasteiger partial charge in [0.1, 0.15) is 5.82 Å². The molecule has 0 saturated carbocycles. The number of allylic oxidation sites excluding steroid dienone is 4. The Hall–Kier alpha value is -3.85. The smallest absolute Gasteiger partial charge is 0.136 e. The van der Waals surface area contributed by atoms with E-state index in [0.29, 0.717) is 0 Å². The van der Waals surface area contributed by atoms with E-state index in [1.165, 1.54) is 0 Å². The molecule has 2 aromatic heterocycles. The van der Waals surface area contributed by atoms with E-state index >= 15 is 0 Å². The van der Waals surface area contributed by atoms with Gasteiger partial charge in [0.05, 0.1) is 11.4 Å². The molecular weight excluding hydrogens is 366 g/mol. The fraction of sp³-hybridized carbons (Fsp3) is 0.0741. The van der Waals surface area contributed by atoms with Crippen LogP contribution in [-0.2, 0) is 0 Å². The Labute approximate surface area is 176 Å². The molecule has 0 radical (unpaired) electrons. The molecule has 144 valence electrons. The second kappa shape index (κ2) is 8.26. The van der Waals surface area contributed by atoms with Crippen LogP contribution < -0.4 is 0 Å². The first kappa shape index (κ1) is 18.2. The maximum atomic E-state index is 4.95. The van der Waals surface area contributed by atoms with Gasteiger partial charge in [0.15, 0.2) is 0 Å². The zero-order chi connectivity index (χ0) is 20.2. The monoisotopic (exact) mass is 387 g/mol. The predicted octanol–water partition coefficient (Wildman–Crippen LogP) is 6.47. The molecule has 0 fully saturated rings. The molecule has 3 heteroatoms. The van der Waals surface area contributed by atoms with Gasteiger partial charge in [-0.15, -0.1) is 0 Å². The highest BCUT2D eigenvalue weighted by Crippen LogP contribution is 2.30. The summed E-state index contributed by atoms with van der Waals surface area (Å²) in [5.41, 5.74) is 6.33. The van der Waals surface area contributed by atoms with Gasteiger partial charge in [0, 0.05) is 29.4 Å². The second-order valence-corrected chi connectivity index (χ2v) is 7.34. The van der Waals surface area contributed by atoms with Crippen molar-refractivity contribution in [2.24, 2.45) is 0 Å². The molecule has 3 nitrogen and oxygen atoms in total. The SMILES string of the molecule is C1=CCC(c2nc(-c3ccccc3)cc(-c3ccc(-c4cccnc4)cc3)n2)C=C1. The van der Waals surface area contributed by atoms with Crippen molar-refractivity contribution in [2.45, 2.75) is 12.3 Å². The molecule has 2 aromatic carbocycles. The second-order valence-electron chi connectivity index (χ2n) is 7.34. The summed E-state index contributed by atoms with van der Waals surface area (Å²) in [6, 6.07) is 24.9. The van der Waals surface area contributed by atoms with E-state index in [0.717, 1.165) is 45.9 Å². The van der Waals surface area contributed by atoms with E-state index in [1.54, 1.807) is 6.20 Å². The number of benzene rings is 2. The summed E-state index contributed by atoms with van der Waals surface area (Å²) in [4.78, 5) is 14.1. The van der Waals surface area contributed by atoms with Gasteiger partial charge in [0.25, 0.3) is 0 Å². The van der Waals surface area contributed by atoms with Crippen LogP contribution >= 0.6 is 0 Å². The first-order chi connectivity index (χ1) is 14.9. The highest BCUT2D eigenvalue weighted by Gasteiger charge is 2.16. The van der Waals surface area contributed by atoms with E-state index < -0.39 is 0 Å². The van der Waals surface area contributed by atoms with Crippen LogP contribution in [0, 0.1) is 0 Å². The van der Waals surface area contributed by atoms with E-state index in [9.17, 15) is 0 Å². The molecule has 1 unspecified atom stereocenters. The zero-order valence-electron chi connectivity index (χ0n) is 16.5. The molecule has 30 heavy (non-hydrogen) atoms. The van der Waals surface area contributed by atoms with Gasteiger partial charge in [-0.05, 0) is 29.7 Å². The van der Waals surface area contributed by atoms with Crippen LogP contribution in [0.25, 0.3) is 33.6 Å². The van der Waals surface area contributed by atoms with Crippen molar-refractivity contribution in [1.29, 1.82) is 0 Å². The number of aromatic nitrogens is 3. The van der Waals surface area contributed by atoms with Crippen molar-refractivity contribution in [3.05, 3.63) is 115 Å². The van der Waals surface area contributed by atoms with Crippen molar-refractivity contribution >= 4 is 0 Å². The van der Waals surface area contributed by atoms with Crippen molar-refractivity contribution < 1.29 is 0 Å². The van der Waals surface area contributed by atoms with E-state index in [-0.39, 0.29) is 5.92 Å². The number of nitrogens with zero attached hydrogens (tertiary/aromatic N) is 3. The average molecular weight is 387 g/mol. The summed E-state index contributed by atoms with van der Waals surface area (Å²) < 4.78 is 0. The number of hydrogen-bond donors (Lipinski definition) is 0. The topological polar surface area (TPSA) is 38.7 Å². The molecule has 1 atom stereocenters. The molecule has 2 heterocycles. The molecule has 0 bridgehead atoms. The van der Waals surface area contributed by atoms with Gasteiger partial charge in [-0.1, -0.05) is 85.0 Å². The van der Waals surface area contributed by atoms with E-state index in [2.05, 4.69) is 77.8 Å². The molecule has 5 rings (SSSR count). The van der Waals surface area contributed by atoms with Crippen LogP contribution in [0.15, 0.2) is 109 Å². The van der Waals surface area contributed by atoms with E-state index in [4.69, 9.17) is 9.97 Å². The number of hydrogen-bond acceptors (Lipinski definition) is 3. The summed E-state index contributed by atoms with van der Waals surface area (Å²) >= 11 is 0. The van der Waals surface area contributed by atoms with Crippen LogP contribution in [0.5, 0.6) is 0 Å². The van der Waals surface area contributed by atoms with Gasteiger partial charge in [-0.25, -0.2) is 9.97 Å². The minimum absolute atomic E-state index is 0.201. The molecule has 0 spiro atoms. The normalized spacial score (nSPS) is 15.3. The number of pyridine rings is 1. The third-order valence-electron chi connectivity index (χ3n) is 5.30. The van der Waals surface area contributed by atoms with Gasteiger partial charge < -0.3 is 0 Å². The predicted molar refractivity (Wildman–Crippen MR) is 122 cm³/mol. The Kier molecular flexibility index (Phi) is 5.01. The molecule has 0 saturated heterocycles. The average Bonchev–Trinajstić information content (AvgIpc) is 2.85. The van der Waals surface area contributed by atoms with Gasteiger partial charge in [-0.2, -0.15) is 0 Å². The van der Waals surface area contributed by atoms with Gasteiger partial charge in [0.2, 0.25) is 0 Å². The molecule has 4 aromatic rings. The fourth-order valence-electron chi connectivity index (χ4n) is 3.68. The standard InChI is InChI=1S/C27H21N3/c1-3-8-21(9-4-1)25-18-26(30-27(29-25)23-10-5-2-6-11-23)22-15-13-20(14-16-22)24-12-7-17-28-19-24/h1-10,12-19,23H,11H2. The van der Waals surface area contributed by atoms with Gasteiger partial charge >= 0.3 is 0 Å². The Morgan fingerprint density at radius 1 is 0.667 bits per heavy atom. The van der Waals surface area contributed by atoms with Crippen molar-refractivity contribution in [3.63, 3.8) is 0 Å². The Bertz CT molecular complexity index is 1190. The highest BCUT2D eigenvalue weighted by atomic mass is 14.9. The lowest BCUT2D eigenvalue weighted by atomic mass is 9.98. The van der Waals surface area contributed by atoms with Crippen LogP contribution in [-0.4, -0.2) is 15.0 Å². The first-order valence-corrected chi connectivity index (χ1v) is 10.2. The summed E-state index contributed by atoms with van der Waals surface area (Å²) in [5.74, 6) is 1.07. The third-order valence-corrected chi connectivity index (χ3v) is 5.30. The molecular formula is C27H21N3. The molecule has 1 aliphatic rings. The first-order valence-electron chi connectivity index (χ1n) is 10.2. The minimum atomic E-state index is 0.201. The Morgan fingerprint density at radius 2 is 1.37 bits per heavy atom. The molecule has 0 amide bonds. The van der Waals surface area contributed by atoms with E-state index in [1.807, 2.05) is 30.5 Å². The lowest BCUT2D eigenvalue weighted by molar-refractivity contribution is 0.775. The van der Waals surface area contributed by atoms with Crippen molar-refractivity contribution in [1.82, 2.24) is 15.0 Å². The largest absolute Gasteiger partial charge is 0.264 e. The van der Waals surface area contributed by atoms with Crippen molar-refractivity contribution in [2.75, 3.05) is 0 Å². The summed E-state index contributed by atoms with van der Waals surface area (Å²) in [7, 11) is 0. The lowest BCUT2D eigenvalue weighted by Gasteiger charge is -2.15. The third kappa shape index (κ3) is 3.83. The Balaban J connectivity index is 1.57. The maximum Gasteiger partial charge on any atom is 0.136 e. The zero-order valence-corrected chi connectivity index (χ0v) is 16.5. The molecule has 0 N–H and O–H groups in total. The summed E-state index contributed by atoms with van der Waals surface area (Å²) in [6.07, 6.45) is 13.1. The summed E-state index contributed by atoms with van der Waals surface area (Å²) in [6.45, 7) is 0. The lowest BCUT2D eigenvalue weighted by Crippen LogP contribution is -2.05. The highest BCUT2D eigenvalue weighted by molar-refractivity contribution is 5.71.